The van der Waals surface area contributed by atoms with Crippen LogP contribution >= 0.6 is 0 Å². The predicted octanol–water partition coefficient (Wildman–Crippen LogP) is 2.70. The van der Waals surface area contributed by atoms with Gasteiger partial charge < -0.3 is 14.6 Å². The van der Waals surface area contributed by atoms with E-state index in [1.165, 1.54) is 0 Å². The fraction of sp³-hybridized carbons (Fsp3) is 0.333. The van der Waals surface area contributed by atoms with E-state index < -0.39 is 6.10 Å². The highest BCUT2D eigenvalue weighted by Crippen LogP contribution is 2.42. The second-order valence-electron chi connectivity index (χ2n) is 8.90. The molecule has 4 atom stereocenters. The van der Waals surface area contributed by atoms with Gasteiger partial charge in [0.25, 0.3) is 5.91 Å². The van der Waals surface area contributed by atoms with Gasteiger partial charge in [0, 0.05) is 24.3 Å². The van der Waals surface area contributed by atoms with E-state index in [0.29, 0.717) is 30.4 Å². The highest BCUT2D eigenvalue weighted by molar-refractivity contribution is 5.95. The summed E-state index contributed by atoms with van der Waals surface area (Å²) in [6.45, 7) is 1.41. The molecule has 1 aliphatic heterocycles. The number of hydrogen-bond donors (Lipinski definition) is 1. The van der Waals surface area contributed by atoms with Crippen LogP contribution in [0.25, 0.3) is 16.7 Å². The Morgan fingerprint density at radius 3 is 2.56 bits per heavy atom. The first-order valence-electron chi connectivity index (χ1n) is 11.0. The van der Waals surface area contributed by atoms with Gasteiger partial charge in [-0.25, -0.2) is 4.98 Å². The van der Waals surface area contributed by atoms with Crippen LogP contribution in [0.4, 0.5) is 0 Å². The van der Waals surface area contributed by atoms with Crippen LogP contribution in [0.2, 0.25) is 0 Å². The van der Waals surface area contributed by atoms with Crippen molar-refractivity contribution in [2.45, 2.75) is 25.0 Å². The molecule has 162 valence electrons. The zero-order valence-corrected chi connectivity index (χ0v) is 17.5. The van der Waals surface area contributed by atoms with E-state index in [9.17, 15) is 9.90 Å². The molecule has 4 aromatic rings. The van der Waals surface area contributed by atoms with Crippen molar-refractivity contribution in [2.75, 3.05) is 13.1 Å². The second-order valence-corrected chi connectivity index (χ2v) is 8.90. The van der Waals surface area contributed by atoms with Crippen molar-refractivity contribution in [2.24, 2.45) is 11.8 Å². The summed E-state index contributed by atoms with van der Waals surface area (Å²) in [5.74, 6) is 0.726. The minimum Gasteiger partial charge on any atom is -0.391 e. The molecule has 1 saturated heterocycles. The number of carbonyl (C=O) groups excluding carboxylic acids is 1. The van der Waals surface area contributed by atoms with Crippen molar-refractivity contribution in [3.63, 3.8) is 0 Å². The lowest BCUT2D eigenvalue weighted by Gasteiger charge is -2.36. The Bertz CT molecular complexity index is 1270. The molecule has 6 rings (SSSR count). The summed E-state index contributed by atoms with van der Waals surface area (Å²) >= 11 is 0. The number of carbonyl (C=O) groups is 1. The molecule has 1 saturated carbocycles. The molecule has 8 nitrogen and oxygen atoms in total. The number of likely N-dealkylation sites (tertiary alicyclic amines) is 1. The van der Waals surface area contributed by atoms with Crippen LogP contribution in [0.1, 0.15) is 29.2 Å². The van der Waals surface area contributed by atoms with E-state index in [2.05, 4.69) is 19.7 Å². The molecule has 8 heteroatoms. The molecule has 0 radical (unpaired) electrons. The lowest BCUT2D eigenvalue weighted by molar-refractivity contribution is 0.0374. The number of aliphatic hydroxyl groups excluding tert-OH is 1. The number of amides is 1. The first-order valence-corrected chi connectivity index (χ1v) is 11.0. The Balaban J connectivity index is 1.21. The molecule has 2 fully saturated rings. The summed E-state index contributed by atoms with van der Waals surface area (Å²) < 4.78 is 3.90. The summed E-state index contributed by atoms with van der Waals surface area (Å²) in [6, 6.07) is 15.6. The molecule has 1 aliphatic carbocycles. The summed E-state index contributed by atoms with van der Waals surface area (Å²) in [4.78, 5) is 19.7. The standard InChI is InChI=1S/C24H24N6O2/c31-23-10-18-12-28(24(32)16-4-3-5-19(8-16)29-14-26-27-15-29)11-17(18)9-22(23)30-13-25-20-6-1-2-7-21(20)30/h1-8,13-15,17-18,22-23,31H,9-12H2/t17-,18+,22-,23-/m1/s1. The average molecular weight is 428 g/mol. The molecule has 0 bridgehead atoms. The minimum atomic E-state index is -0.444. The van der Waals surface area contributed by atoms with Crippen LogP contribution in [0.5, 0.6) is 0 Å². The predicted molar refractivity (Wildman–Crippen MR) is 118 cm³/mol. The number of imidazole rings is 1. The van der Waals surface area contributed by atoms with Gasteiger partial charge in [0.2, 0.25) is 0 Å². The largest absolute Gasteiger partial charge is 0.391 e. The molecule has 3 heterocycles. The Morgan fingerprint density at radius 2 is 1.72 bits per heavy atom. The van der Waals surface area contributed by atoms with E-state index in [-0.39, 0.29) is 11.9 Å². The fourth-order valence-electron chi connectivity index (χ4n) is 5.43. The fourth-order valence-corrected chi connectivity index (χ4v) is 5.43. The normalized spacial score (nSPS) is 25.2. The van der Waals surface area contributed by atoms with Crippen LogP contribution < -0.4 is 0 Å². The average Bonchev–Trinajstić information content (AvgIpc) is 3.57. The van der Waals surface area contributed by atoms with E-state index in [1.54, 1.807) is 17.2 Å². The topological polar surface area (TPSA) is 89.1 Å². The Hall–Kier alpha value is -3.52. The van der Waals surface area contributed by atoms with E-state index in [1.807, 2.05) is 59.8 Å². The molecule has 2 aromatic heterocycles. The van der Waals surface area contributed by atoms with E-state index >= 15 is 0 Å². The summed E-state index contributed by atoms with van der Waals surface area (Å²) in [7, 11) is 0. The maximum Gasteiger partial charge on any atom is 0.253 e. The summed E-state index contributed by atoms with van der Waals surface area (Å²) in [5, 5.41) is 18.6. The van der Waals surface area contributed by atoms with Crippen LogP contribution in [-0.4, -0.2) is 59.4 Å². The SMILES string of the molecule is O=C(c1cccc(-n2cnnc2)c1)N1C[C@H]2C[C@@H](n3cnc4ccccc43)[C@H](O)C[C@H]2C1. The smallest absolute Gasteiger partial charge is 0.253 e. The minimum absolute atomic E-state index is 0.0178. The van der Waals surface area contributed by atoms with Gasteiger partial charge in [-0.1, -0.05) is 18.2 Å². The van der Waals surface area contributed by atoms with Gasteiger partial charge in [-0.15, -0.1) is 10.2 Å². The number of hydrogen-bond acceptors (Lipinski definition) is 5. The van der Waals surface area contributed by atoms with Gasteiger partial charge in [-0.2, -0.15) is 0 Å². The maximum absolute atomic E-state index is 13.3. The molecule has 32 heavy (non-hydrogen) atoms. The van der Waals surface area contributed by atoms with Gasteiger partial charge >= 0.3 is 0 Å². The van der Waals surface area contributed by atoms with Gasteiger partial charge in [-0.3, -0.25) is 9.36 Å². The number of nitrogens with zero attached hydrogens (tertiary/aromatic N) is 6. The first kappa shape index (κ1) is 19.2. The molecule has 1 amide bonds. The van der Waals surface area contributed by atoms with Crippen molar-refractivity contribution >= 4 is 16.9 Å². The van der Waals surface area contributed by atoms with Crippen LogP contribution in [0.15, 0.2) is 67.5 Å². The van der Waals surface area contributed by atoms with Gasteiger partial charge in [0.05, 0.1) is 29.5 Å². The van der Waals surface area contributed by atoms with Gasteiger partial charge in [0.1, 0.15) is 12.7 Å². The number of aromatic nitrogens is 5. The third-order valence-corrected chi connectivity index (χ3v) is 7.04. The zero-order valence-electron chi connectivity index (χ0n) is 17.5. The number of aliphatic hydroxyl groups is 1. The van der Waals surface area contributed by atoms with Crippen LogP contribution in [0, 0.1) is 11.8 Å². The van der Waals surface area contributed by atoms with Crippen LogP contribution in [0.3, 0.4) is 0 Å². The Labute approximate surface area is 185 Å². The molecule has 2 aromatic carbocycles. The third-order valence-electron chi connectivity index (χ3n) is 7.04. The van der Waals surface area contributed by atoms with Crippen LogP contribution in [-0.2, 0) is 0 Å². The molecule has 1 N–H and O–H groups in total. The first-order chi connectivity index (χ1) is 15.7. The van der Waals surface area contributed by atoms with Gasteiger partial charge in [0.15, 0.2) is 0 Å². The van der Waals surface area contributed by atoms with Crippen molar-refractivity contribution in [1.29, 1.82) is 0 Å². The summed E-state index contributed by atoms with van der Waals surface area (Å²) in [5.41, 5.74) is 3.51. The Morgan fingerprint density at radius 1 is 0.938 bits per heavy atom. The highest BCUT2D eigenvalue weighted by atomic mass is 16.3. The van der Waals surface area contributed by atoms with Crippen molar-refractivity contribution in [3.05, 3.63) is 73.1 Å². The lowest BCUT2D eigenvalue weighted by Crippen LogP contribution is -2.36. The van der Waals surface area contributed by atoms with Crippen molar-refractivity contribution < 1.29 is 9.90 Å². The quantitative estimate of drug-likeness (QED) is 0.542. The van der Waals surface area contributed by atoms with Gasteiger partial charge in [-0.05, 0) is 55.0 Å². The van der Waals surface area contributed by atoms with Crippen molar-refractivity contribution in [1.82, 2.24) is 29.2 Å². The number of fused-ring (bicyclic) bond motifs is 2. The third kappa shape index (κ3) is 3.18. The monoisotopic (exact) mass is 428 g/mol. The Kier molecular flexibility index (Phi) is 4.53. The lowest BCUT2D eigenvalue weighted by atomic mass is 9.77. The molecule has 0 unspecified atom stereocenters. The second kappa shape index (κ2) is 7.56. The highest BCUT2D eigenvalue weighted by Gasteiger charge is 2.43. The molecule has 2 aliphatic rings. The number of rotatable bonds is 3. The maximum atomic E-state index is 13.3. The summed E-state index contributed by atoms with van der Waals surface area (Å²) in [6.07, 6.45) is 6.18. The molecular formula is C24H24N6O2. The van der Waals surface area contributed by atoms with Crippen molar-refractivity contribution in [3.8, 4) is 5.69 Å². The zero-order chi connectivity index (χ0) is 21.7. The van der Waals surface area contributed by atoms with E-state index in [4.69, 9.17) is 0 Å². The van der Waals surface area contributed by atoms with E-state index in [0.717, 1.165) is 29.7 Å². The molecular weight excluding hydrogens is 404 g/mol. The number of benzene rings is 2. The number of para-hydroxylation sites is 2. The molecule has 0 spiro atoms.